The molecule has 0 aliphatic heterocycles. The summed E-state index contributed by atoms with van der Waals surface area (Å²) in [5, 5.41) is 52.4. The molecule has 0 aliphatic carbocycles. The van der Waals surface area contributed by atoms with Gasteiger partial charge in [0.05, 0.1) is 12.0 Å². The molecule has 1 radical (unpaired) electrons. The largest absolute Gasteiger partial charge is 1.00 e. The zero-order chi connectivity index (χ0) is 43.1. The smallest absolute Gasteiger partial charge is 0.506 e. The van der Waals surface area contributed by atoms with E-state index in [1.54, 1.807) is 24.3 Å². The number of hydrogen-bond acceptors (Lipinski definition) is 15. The maximum absolute atomic E-state index is 12.4. The Bertz CT molecular complexity index is 3320. The van der Waals surface area contributed by atoms with Crippen molar-refractivity contribution in [3.05, 3.63) is 115 Å². The predicted octanol–water partition coefficient (Wildman–Crippen LogP) is 0.109. The van der Waals surface area contributed by atoms with Gasteiger partial charge in [-0.15, -0.1) is 20.5 Å². The summed E-state index contributed by atoms with van der Waals surface area (Å²) in [6.07, 6.45) is 0. The average Bonchev–Trinajstić information content (AvgIpc) is 3.19. The molecule has 0 aromatic heterocycles. The molecule has 0 atom stereocenters. The van der Waals surface area contributed by atoms with Crippen LogP contribution in [0.25, 0.3) is 32.7 Å². The van der Waals surface area contributed by atoms with Crippen LogP contribution in [0.4, 0.5) is 34.1 Å². The van der Waals surface area contributed by atoms with Crippen LogP contribution < -0.4 is 98.7 Å². The molecule has 0 amide bonds. The van der Waals surface area contributed by atoms with Gasteiger partial charge in [-0.2, -0.15) is 25.3 Å². The number of hydrogen-bond donors (Lipinski definition) is 7. The van der Waals surface area contributed by atoms with Crippen molar-refractivity contribution in [1.29, 1.82) is 0 Å². The molecular formula is C39H29CuN5Na3O13S3+3. The predicted molar refractivity (Wildman–Crippen MR) is 219 cm³/mol. The van der Waals surface area contributed by atoms with Crippen LogP contribution >= 0.6 is 0 Å². The molecule has 7 aromatic carbocycles. The molecule has 7 aromatic rings. The number of ether oxygens (including phenoxy) is 1. The Labute approximate surface area is 442 Å². The van der Waals surface area contributed by atoms with E-state index in [1.165, 1.54) is 37.4 Å². The molecule has 0 heterocycles. The van der Waals surface area contributed by atoms with E-state index >= 15 is 0 Å². The van der Waals surface area contributed by atoms with Crippen LogP contribution in [-0.2, 0) is 47.4 Å². The van der Waals surface area contributed by atoms with Gasteiger partial charge in [-0.3, -0.25) is 13.7 Å². The Morgan fingerprint density at radius 1 is 0.516 bits per heavy atom. The third-order valence-electron chi connectivity index (χ3n) is 9.00. The van der Waals surface area contributed by atoms with Gasteiger partial charge in [-0.05, 0) is 94.7 Å². The van der Waals surface area contributed by atoms with E-state index in [0.717, 1.165) is 36.0 Å². The minimum absolute atomic E-state index is 0. The van der Waals surface area contributed by atoms with E-state index < -0.39 is 73.7 Å². The van der Waals surface area contributed by atoms with E-state index in [9.17, 15) is 54.2 Å². The fourth-order valence-electron chi connectivity index (χ4n) is 6.12. The maximum Gasteiger partial charge on any atom is 1.00 e. The zero-order valence-electron chi connectivity index (χ0n) is 33.8. The van der Waals surface area contributed by atoms with Gasteiger partial charge in [-0.25, -0.2) is 0 Å². The van der Waals surface area contributed by atoms with Crippen molar-refractivity contribution in [3.63, 3.8) is 0 Å². The van der Waals surface area contributed by atoms with Crippen molar-refractivity contribution in [2.75, 3.05) is 12.4 Å². The Hall–Kier alpha value is -3.49. The topological polar surface area (TPSA) is 294 Å². The van der Waals surface area contributed by atoms with Gasteiger partial charge in [0.15, 0.2) is 11.5 Å². The summed E-state index contributed by atoms with van der Waals surface area (Å²) < 4.78 is 107. The first-order chi connectivity index (χ1) is 28.3. The minimum Gasteiger partial charge on any atom is -0.506 e. The molecule has 0 saturated heterocycles. The molecular weight excluding hydrogens is 975 g/mol. The van der Waals surface area contributed by atoms with Crippen LogP contribution in [-0.4, -0.2) is 61.3 Å². The van der Waals surface area contributed by atoms with Crippen LogP contribution in [0.3, 0.4) is 0 Å². The van der Waals surface area contributed by atoms with Crippen molar-refractivity contribution in [1.82, 2.24) is 0 Å². The average molecular weight is 1000 g/mol. The summed E-state index contributed by atoms with van der Waals surface area (Å²) >= 11 is 0. The number of fused-ring (bicyclic) bond motifs is 2. The first kappa shape index (κ1) is 54.8. The molecule has 317 valence electrons. The molecule has 64 heavy (non-hydrogen) atoms. The number of anilines is 2. The number of phenolic OH excluding ortho intramolecular Hbond substituents is 3. The number of benzene rings is 7. The molecule has 0 unspecified atom stereocenters. The number of aromatic hydroxyl groups is 3. The van der Waals surface area contributed by atoms with Crippen LogP contribution in [0.15, 0.2) is 150 Å². The Kier molecular flexibility index (Phi) is 18.7. The van der Waals surface area contributed by atoms with Gasteiger partial charge in [0, 0.05) is 39.2 Å². The van der Waals surface area contributed by atoms with Crippen molar-refractivity contribution in [3.8, 4) is 34.1 Å². The van der Waals surface area contributed by atoms with Gasteiger partial charge < -0.3 is 25.4 Å². The summed E-state index contributed by atoms with van der Waals surface area (Å²) in [4.78, 5) is -2.32. The number of nitrogens with one attached hydrogen (secondary N) is 1. The van der Waals surface area contributed by atoms with Crippen molar-refractivity contribution < 1.29 is 165 Å². The van der Waals surface area contributed by atoms with Crippen LogP contribution in [0, 0.1) is 0 Å². The molecule has 0 spiro atoms. The molecule has 7 N–H and O–H groups in total. The summed E-state index contributed by atoms with van der Waals surface area (Å²) in [7, 11) is -13.3. The number of azo groups is 2. The maximum atomic E-state index is 12.4. The SMILES string of the molecule is COc1cc(-c2ccc(N=Nc3c(O)c(S(=O)(=O)O)cc4cc(S(=O)(=O)O)ccc34)c(O)c2)ccc1N=Nc1c(S(=O)(=O)O)cc2ccc(Nc3ccccc3)cc2c1O.[Cu].[Na+].[Na+].[Na+]. The first-order valence-corrected chi connectivity index (χ1v) is 21.3. The number of methoxy groups -OCH3 is 1. The second kappa shape index (κ2) is 21.9. The van der Waals surface area contributed by atoms with Crippen molar-refractivity contribution in [2.24, 2.45) is 20.5 Å². The first-order valence-electron chi connectivity index (χ1n) is 17.0. The fraction of sp³-hybridized carbons (Fsp3) is 0.0256. The molecule has 18 nitrogen and oxygen atoms in total. The minimum atomic E-state index is -5.06. The third-order valence-corrected chi connectivity index (χ3v) is 11.6. The van der Waals surface area contributed by atoms with E-state index in [4.69, 9.17) is 4.74 Å². The van der Waals surface area contributed by atoms with Crippen LogP contribution in [0.5, 0.6) is 23.0 Å². The van der Waals surface area contributed by atoms with E-state index in [0.29, 0.717) is 22.2 Å². The Morgan fingerprint density at radius 2 is 1.11 bits per heavy atom. The Balaban J connectivity index is 0.00000272. The molecule has 25 heteroatoms. The standard InChI is InChI=1S/C39H29N5O13S3.Cu.3Na/c1-57-33-17-22(9-14-31(33)42-44-37-34(59(51,52)53)18-23-7-10-26(20-29(23)38(37)46)40-25-5-3-2-4-6-25)21-8-13-30(32(45)16-21)41-43-36-28-12-11-27(58(48,49)50)15-24(28)19-35(39(36)47)60(54,55)56;;;;/h2-20,40,45-47H,1H3,(H,48,49,50)(H,51,52,53)(H,54,55,56);;;;/q;;3*+1. The van der Waals surface area contributed by atoms with Gasteiger partial charge in [0.25, 0.3) is 30.4 Å². The van der Waals surface area contributed by atoms with Crippen molar-refractivity contribution >= 4 is 86.0 Å². The second-order valence-electron chi connectivity index (χ2n) is 12.9. The molecule has 0 saturated carbocycles. The second-order valence-corrected chi connectivity index (χ2v) is 17.1. The number of rotatable bonds is 11. The Morgan fingerprint density at radius 3 is 1.72 bits per heavy atom. The van der Waals surface area contributed by atoms with Crippen LogP contribution in [0.2, 0.25) is 0 Å². The summed E-state index contributed by atoms with van der Waals surface area (Å²) in [6.45, 7) is 0. The quantitative estimate of drug-likeness (QED) is 0.0515. The van der Waals surface area contributed by atoms with Gasteiger partial charge in [-0.1, -0.05) is 42.5 Å². The number of phenols is 3. The monoisotopic (exact) mass is 1000 g/mol. The molecule has 7 rings (SSSR count). The molecule has 0 fully saturated rings. The van der Waals surface area contributed by atoms with Gasteiger partial charge in [0.2, 0.25) is 0 Å². The molecule has 0 aliphatic rings. The third kappa shape index (κ3) is 12.1. The summed E-state index contributed by atoms with van der Waals surface area (Å²) in [5.74, 6) is -1.90. The molecule has 0 bridgehead atoms. The van der Waals surface area contributed by atoms with Crippen molar-refractivity contribution in [2.45, 2.75) is 14.7 Å². The summed E-state index contributed by atoms with van der Waals surface area (Å²) in [5.41, 5.74) is 1.09. The fourth-order valence-corrected chi connectivity index (χ4v) is 7.91. The number of nitrogens with zero attached hydrogens (tertiary/aromatic N) is 4. The van der Waals surface area contributed by atoms with E-state index in [-0.39, 0.29) is 139 Å². The zero-order valence-corrected chi connectivity index (χ0v) is 43.2. The van der Waals surface area contributed by atoms with Gasteiger partial charge in [0.1, 0.15) is 44.0 Å². The van der Waals surface area contributed by atoms with E-state index in [1.807, 2.05) is 30.3 Å². The van der Waals surface area contributed by atoms with E-state index in [2.05, 4.69) is 25.8 Å². The normalized spacial score (nSPS) is 11.7. The summed E-state index contributed by atoms with van der Waals surface area (Å²) in [6, 6.07) is 27.6. The van der Waals surface area contributed by atoms with Gasteiger partial charge >= 0.3 is 88.7 Å². The van der Waals surface area contributed by atoms with Crippen LogP contribution in [0.1, 0.15) is 0 Å². The number of para-hydroxylation sites is 1.